The fourth-order valence-electron chi connectivity index (χ4n) is 2.38. The Balaban J connectivity index is 2.54. The molecule has 0 spiro atoms. The number of alkyl halides is 1. The van der Waals surface area contributed by atoms with Crippen LogP contribution in [-0.2, 0) is 19.7 Å². The lowest BCUT2D eigenvalue weighted by molar-refractivity contribution is 0.393. The molecule has 0 aromatic heterocycles. The predicted molar refractivity (Wildman–Crippen MR) is 77.6 cm³/mol. The van der Waals surface area contributed by atoms with Gasteiger partial charge in [-0.1, -0.05) is 22.9 Å². The molecule has 1 aliphatic heterocycles. The molecule has 0 radical (unpaired) electrons. The first-order chi connectivity index (χ1) is 8.29. The Labute approximate surface area is 119 Å². The molecular weight excluding hydrogens is 340 g/mol. The van der Waals surface area contributed by atoms with Crippen molar-refractivity contribution in [3.8, 4) is 0 Å². The lowest BCUT2D eigenvalue weighted by atomic mass is 9.91. The Hall–Kier alpha value is 0.380. The van der Waals surface area contributed by atoms with Crippen molar-refractivity contribution in [3.63, 3.8) is 0 Å². The first-order valence-corrected chi connectivity index (χ1v) is 11.0. The minimum atomic E-state index is -2.97. The summed E-state index contributed by atoms with van der Waals surface area (Å²) < 4.78 is 46.2. The first-order valence-electron chi connectivity index (χ1n) is 6.26. The molecule has 0 aromatic carbocycles. The molecule has 0 aromatic rings. The molecular formula is C11H21BrO4S2. The van der Waals surface area contributed by atoms with E-state index >= 15 is 0 Å². The van der Waals surface area contributed by atoms with Gasteiger partial charge >= 0.3 is 0 Å². The molecule has 1 heterocycles. The van der Waals surface area contributed by atoms with Crippen molar-refractivity contribution in [2.24, 2.45) is 11.8 Å². The SMILES string of the molecule is CCCS(=O)(=O)CCC(CBr)C1CCS(=O)(=O)C1. The lowest BCUT2D eigenvalue weighted by Gasteiger charge is -2.19. The molecule has 18 heavy (non-hydrogen) atoms. The highest BCUT2D eigenvalue weighted by molar-refractivity contribution is 9.09. The molecule has 108 valence electrons. The molecule has 1 rings (SSSR count). The van der Waals surface area contributed by atoms with E-state index in [1.54, 1.807) is 0 Å². The van der Waals surface area contributed by atoms with Crippen LogP contribution in [0, 0.1) is 11.8 Å². The predicted octanol–water partition coefficient (Wildman–Crippen LogP) is 1.65. The topological polar surface area (TPSA) is 68.3 Å². The fraction of sp³-hybridized carbons (Fsp3) is 1.00. The number of rotatable bonds is 7. The zero-order valence-electron chi connectivity index (χ0n) is 10.6. The van der Waals surface area contributed by atoms with Crippen LogP contribution in [0.4, 0.5) is 0 Å². The summed E-state index contributed by atoms with van der Waals surface area (Å²) in [6, 6.07) is 0. The summed E-state index contributed by atoms with van der Waals surface area (Å²) in [6.07, 6.45) is 1.87. The number of hydrogen-bond acceptors (Lipinski definition) is 4. The Morgan fingerprint density at radius 2 is 2.00 bits per heavy atom. The Morgan fingerprint density at radius 3 is 2.44 bits per heavy atom. The molecule has 1 aliphatic rings. The summed E-state index contributed by atoms with van der Waals surface area (Å²) in [5, 5.41) is 0.675. The van der Waals surface area contributed by atoms with Crippen molar-refractivity contribution >= 4 is 35.6 Å². The number of hydrogen-bond donors (Lipinski definition) is 0. The fourth-order valence-corrected chi connectivity index (χ4v) is 6.64. The summed E-state index contributed by atoms with van der Waals surface area (Å²) in [5.74, 6) is 1.14. The summed E-state index contributed by atoms with van der Waals surface area (Å²) in [7, 11) is -5.85. The summed E-state index contributed by atoms with van der Waals surface area (Å²) in [5.41, 5.74) is 0. The Kier molecular flexibility index (Phi) is 6.12. The van der Waals surface area contributed by atoms with E-state index in [4.69, 9.17) is 0 Å². The maximum Gasteiger partial charge on any atom is 0.150 e. The second-order valence-electron chi connectivity index (χ2n) is 5.02. The van der Waals surface area contributed by atoms with Crippen molar-refractivity contribution in [2.75, 3.05) is 28.3 Å². The molecule has 2 unspecified atom stereocenters. The van der Waals surface area contributed by atoms with Crippen molar-refractivity contribution in [3.05, 3.63) is 0 Å². The van der Waals surface area contributed by atoms with Crippen molar-refractivity contribution in [1.29, 1.82) is 0 Å². The molecule has 0 aliphatic carbocycles. The van der Waals surface area contributed by atoms with Gasteiger partial charge in [0.2, 0.25) is 0 Å². The van der Waals surface area contributed by atoms with Gasteiger partial charge in [-0.2, -0.15) is 0 Å². The molecule has 1 fully saturated rings. The molecule has 7 heteroatoms. The summed E-state index contributed by atoms with van der Waals surface area (Å²) >= 11 is 3.38. The van der Waals surface area contributed by atoms with Gasteiger partial charge in [0.25, 0.3) is 0 Å². The molecule has 1 saturated heterocycles. The van der Waals surface area contributed by atoms with Crippen molar-refractivity contribution in [1.82, 2.24) is 0 Å². The van der Waals surface area contributed by atoms with E-state index < -0.39 is 19.7 Å². The third-order valence-electron chi connectivity index (χ3n) is 3.45. The molecule has 4 nitrogen and oxygen atoms in total. The molecule has 0 bridgehead atoms. The van der Waals surface area contributed by atoms with Gasteiger partial charge in [-0.3, -0.25) is 0 Å². The summed E-state index contributed by atoms with van der Waals surface area (Å²) in [4.78, 5) is 0. The maximum absolute atomic E-state index is 11.7. The van der Waals surface area contributed by atoms with Gasteiger partial charge < -0.3 is 0 Å². The molecule has 0 saturated carbocycles. The summed E-state index contributed by atoms with van der Waals surface area (Å²) in [6.45, 7) is 1.85. The van der Waals surface area contributed by atoms with Crippen molar-refractivity contribution in [2.45, 2.75) is 26.2 Å². The second kappa shape index (κ2) is 6.70. The Bertz CT molecular complexity index is 455. The standard InChI is InChI=1S/C11H21BrO4S2/c1-2-5-17(13,14)6-3-10(8-12)11-4-7-18(15,16)9-11/h10-11H,2-9H2,1H3. The number of sulfone groups is 2. The van der Waals surface area contributed by atoms with Crippen LogP contribution in [0.15, 0.2) is 0 Å². The molecule has 0 amide bonds. The Morgan fingerprint density at radius 1 is 1.33 bits per heavy atom. The number of halogens is 1. The van der Waals surface area contributed by atoms with E-state index in [1.807, 2.05) is 6.92 Å². The zero-order chi connectivity index (χ0) is 13.8. The van der Waals surface area contributed by atoms with Crippen LogP contribution in [0.1, 0.15) is 26.2 Å². The van der Waals surface area contributed by atoms with Gasteiger partial charge in [0.1, 0.15) is 9.84 Å². The van der Waals surface area contributed by atoms with Crippen LogP contribution in [0.5, 0.6) is 0 Å². The maximum atomic E-state index is 11.7. The van der Waals surface area contributed by atoms with Crippen LogP contribution in [0.25, 0.3) is 0 Å². The molecule has 0 N–H and O–H groups in total. The van der Waals surface area contributed by atoms with Crippen LogP contribution < -0.4 is 0 Å². The average molecular weight is 361 g/mol. The highest BCUT2D eigenvalue weighted by atomic mass is 79.9. The van der Waals surface area contributed by atoms with Gasteiger partial charge in [0.05, 0.1) is 17.3 Å². The lowest BCUT2D eigenvalue weighted by Crippen LogP contribution is -2.22. The minimum absolute atomic E-state index is 0.117. The smallest absolute Gasteiger partial charge is 0.150 e. The largest absolute Gasteiger partial charge is 0.229 e. The van der Waals surface area contributed by atoms with Crippen LogP contribution in [-0.4, -0.2) is 45.2 Å². The second-order valence-corrected chi connectivity index (χ2v) is 10.2. The monoisotopic (exact) mass is 360 g/mol. The third kappa shape index (κ3) is 5.17. The van der Waals surface area contributed by atoms with Gasteiger partial charge in [-0.25, -0.2) is 16.8 Å². The normalized spacial score (nSPS) is 25.1. The van der Waals surface area contributed by atoms with E-state index in [1.165, 1.54) is 0 Å². The highest BCUT2D eigenvalue weighted by Crippen LogP contribution is 2.29. The minimum Gasteiger partial charge on any atom is -0.229 e. The van der Waals surface area contributed by atoms with Gasteiger partial charge in [0.15, 0.2) is 9.84 Å². The van der Waals surface area contributed by atoms with Crippen LogP contribution >= 0.6 is 15.9 Å². The van der Waals surface area contributed by atoms with E-state index in [0.29, 0.717) is 24.6 Å². The van der Waals surface area contributed by atoms with E-state index in [-0.39, 0.29) is 34.8 Å². The third-order valence-corrected chi connectivity index (χ3v) is 7.96. The quantitative estimate of drug-likeness (QED) is 0.647. The molecule has 2 atom stereocenters. The van der Waals surface area contributed by atoms with Crippen LogP contribution in [0.3, 0.4) is 0 Å². The van der Waals surface area contributed by atoms with E-state index in [0.717, 1.165) is 0 Å². The first kappa shape index (κ1) is 16.4. The zero-order valence-corrected chi connectivity index (χ0v) is 13.9. The van der Waals surface area contributed by atoms with E-state index in [9.17, 15) is 16.8 Å². The van der Waals surface area contributed by atoms with Gasteiger partial charge in [-0.05, 0) is 31.1 Å². The van der Waals surface area contributed by atoms with E-state index in [2.05, 4.69) is 15.9 Å². The van der Waals surface area contributed by atoms with Crippen LogP contribution in [0.2, 0.25) is 0 Å². The highest BCUT2D eigenvalue weighted by Gasteiger charge is 2.33. The average Bonchev–Trinajstić information content (AvgIpc) is 2.59. The van der Waals surface area contributed by atoms with Gasteiger partial charge in [0, 0.05) is 11.1 Å². The van der Waals surface area contributed by atoms with Gasteiger partial charge in [-0.15, -0.1) is 0 Å². The van der Waals surface area contributed by atoms with Crippen molar-refractivity contribution < 1.29 is 16.8 Å².